The van der Waals surface area contributed by atoms with E-state index in [4.69, 9.17) is 3.80 Å². The standard InChI is InChI=1S/Al.2ClH.O.Sb/h;2*1H;;/q+1;;;;+1/p-2. The summed E-state index contributed by atoms with van der Waals surface area (Å²) in [5, 5.41) is 0. The van der Waals surface area contributed by atoms with Gasteiger partial charge in [-0.25, -0.2) is 0 Å². The molecular formula is AlCl2OSb. The number of halogens is 2. The van der Waals surface area contributed by atoms with Crippen LogP contribution in [0.3, 0.4) is 0 Å². The van der Waals surface area contributed by atoms with E-state index < -0.39 is 14.2 Å². The van der Waals surface area contributed by atoms with Crippen LogP contribution >= 0.6 is 18.9 Å². The van der Waals surface area contributed by atoms with Crippen LogP contribution in [-0.4, -0.2) is 36.1 Å². The Balaban J connectivity index is 0. The fourth-order valence-corrected chi connectivity index (χ4v) is 0. The van der Waals surface area contributed by atoms with Gasteiger partial charge in [0.15, 0.2) is 0 Å². The third kappa shape index (κ3) is 26.6. The molecule has 0 saturated carbocycles. The predicted molar refractivity (Wildman–Crippen MR) is 23.9 cm³/mol. The molecule has 0 aliphatic rings. The van der Waals surface area contributed by atoms with Crippen LogP contribution in [0.2, 0.25) is 0 Å². The topological polar surface area (TPSA) is 17.1 Å². The molecule has 0 unspecified atom stereocenters. The van der Waals surface area contributed by atoms with Crippen molar-refractivity contribution in [3.8, 4) is 0 Å². The van der Waals surface area contributed by atoms with Crippen LogP contribution in [0.4, 0.5) is 0 Å². The molecule has 1 nitrogen and oxygen atoms in total. The summed E-state index contributed by atoms with van der Waals surface area (Å²) in [6, 6.07) is 0. The Morgan fingerprint density at radius 2 is 1.60 bits per heavy atom. The molecule has 5 heteroatoms. The van der Waals surface area contributed by atoms with Crippen molar-refractivity contribution in [1.82, 2.24) is 0 Å². The Hall–Kier alpha value is 1.73. The second kappa shape index (κ2) is 17.2. The summed E-state index contributed by atoms with van der Waals surface area (Å²) in [7, 11) is 9.22. The summed E-state index contributed by atoms with van der Waals surface area (Å²) in [5.74, 6) is 0. The van der Waals surface area contributed by atoms with Crippen molar-refractivity contribution in [3.63, 3.8) is 0 Å². The van der Waals surface area contributed by atoms with Gasteiger partial charge in [0, 0.05) is 0 Å². The Labute approximate surface area is 58.3 Å². The van der Waals surface area contributed by atoms with Gasteiger partial charge in [0.2, 0.25) is 0 Å². The molecular weight excluding hydrogens is 236 g/mol. The van der Waals surface area contributed by atoms with Gasteiger partial charge in [-0.15, -0.1) is 0 Å². The van der Waals surface area contributed by atoms with Gasteiger partial charge >= 0.3 is 58.8 Å². The second-order valence-electron chi connectivity index (χ2n) is 0.0891. The van der Waals surface area contributed by atoms with E-state index in [9.17, 15) is 0 Å². The Bertz CT molecular complexity index is 17.1. The van der Waals surface area contributed by atoms with Crippen LogP contribution in [0.25, 0.3) is 0 Å². The van der Waals surface area contributed by atoms with Gasteiger partial charge in [0.1, 0.15) is 0 Å². The summed E-state index contributed by atoms with van der Waals surface area (Å²) in [6.07, 6.45) is 0. The zero-order valence-corrected chi connectivity index (χ0v) is 7.41. The average molecular weight is 236 g/mol. The predicted octanol–water partition coefficient (Wildman–Crippen LogP) is 0.499. The van der Waals surface area contributed by atoms with Crippen LogP contribution in [0, 0.1) is 0 Å². The molecule has 0 fully saturated rings. The van der Waals surface area contributed by atoms with Gasteiger partial charge in [-0.1, -0.05) is 0 Å². The van der Waals surface area contributed by atoms with Crippen LogP contribution < -0.4 is 0 Å². The fraction of sp³-hybridized carbons (Fsp3) is 0. The van der Waals surface area contributed by atoms with Gasteiger partial charge in [0.25, 0.3) is 0 Å². The Kier molecular flexibility index (Phi) is 34.0. The van der Waals surface area contributed by atoms with E-state index in [0.717, 1.165) is 0 Å². The van der Waals surface area contributed by atoms with E-state index in [2.05, 4.69) is 18.9 Å². The SMILES string of the molecule is [Cl][Sb].[O]=[Al][Cl]. The summed E-state index contributed by atoms with van der Waals surface area (Å²) in [4.78, 5) is 0. The second-order valence-corrected chi connectivity index (χ2v) is 0.802. The molecule has 0 spiro atoms. The number of rotatable bonds is 0. The van der Waals surface area contributed by atoms with E-state index in [1.165, 1.54) is 21.9 Å². The minimum atomic E-state index is -1.03. The molecule has 0 aromatic rings. The average Bonchev–Trinajstić information content (AvgIpc) is 1.46. The molecule has 0 atom stereocenters. The monoisotopic (exact) mass is 234 g/mol. The molecule has 5 heavy (non-hydrogen) atoms. The van der Waals surface area contributed by atoms with Crippen molar-refractivity contribution in [3.05, 3.63) is 0 Å². The summed E-state index contributed by atoms with van der Waals surface area (Å²) < 4.78 is 8.78. The van der Waals surface area contributed by atoms with Crippen molar-refractivity contribution < 1.29 is 3.80 Å². The zero-order chi connectivity index (χ0) is 4.71. The molecule has 0 bridgehead atoms. The quantitative estimate of drug-likeness (QED) is 0.559. The number of hydrogen-bond donors (Lipinski definition) is 0. The van der Waals surface area contributed by atoms with Crippen molar-refractivity contribution in [2.75, 3.05) is 0 Å². The molecule has 0 aliphatic carbocycles. The maximum absolute atomic E-state index is 8.78. The third-order valence-electron chi connectivity index (χ3n) is 0. The molecule has 2 radical (unpaired) electrons. The first-order valence-corrected chi connectivity index (χ1v) is 6.07. The van der Waals surface area contributed by atoms with Gasteiger partial charge in [0.05, 0.1) is 0 Å². The minimum absolute atomic E-state index is 1.03. The molecule has 0 aromatic heterocycles. The summed E-state index contributed by atoms with van der Waals surface area (Å²) in [5.41, 5.74) is 0. The van der Waals surface area contributed by atoms with Crippen molar-refractivity contribution >= 4 is 55.0 Å². The van der Waals surface area contributed by atoms with Gasteiger partial charge < -0.3 is 0 Å². The van der Waals surface area contributed by atoms with Gasteiger partial charge in [-0.3, -0.25) is 0 Å². The molecule has 0 rings (SSSR count). The molecule has 0 aromatic carbocycles. The van der Waals surface area contributed by atoms with Crippen LogP contribution in [0.5, 0.6) is 0 Å². The zero-order valence-electron chi connectivity index (χ0n) is 2.19. The van der Waals surface area contributed by atoms with Crippen LogP contribution in [-0.2, 0) is 3.80 Å². The Morgan fingerprint density at radius 3 is 1.60 bits per heavy atom. The molecule has 0 saturated heterocycles. The van der Waals surface area contributed by atoms with Crippen LogP contribution in [0.15, 0.2) is 0 Å². The van der Waals surface area contributed by atoms with Crippen molar-refractivity contribution in [2.45, 2.75) is 0 Å². The van der Waals surface area contributed by atoms with Gasteiger partial charge in [-0.05, 0) is 0 Å². The molecule has 0 aliphatic heterocycles. The van der Waals surface area contributed by atoms with E-state index in [1.807, 2.05) is 0 Å². The van der Waals surface area contributed by atoms with E-state index in [-0.39, 0.29) is 0 Å². The van der Waals surface area contributed by atoms with Gasteiger partial charge in [-0.2, -0.15) is 0 Å². The Morgan fingerprint density at radius 1 is 1.60 bits per heavy atom. The van der Waals surface area contributed by atoms with Crippen molar-refractivity contribution in [1.29, 1.82) is 0 Å². The first kappa shape index (κ1) is 9.88. The maximum atomic E-state index is 8.78. The van der Waals surface area contributed by atoms with E-state index >= 15 is 0 Å². The molecule has 0 amide bonds. The first-order chi connectivity index (χ1) is 2.41. The number of hydrogen-bond acceptors (Lipinski definition) is 1. The summed E-state index contributed by atoms with van der Waals surface area (Å²) in [6.45, 7) is 0. The fourth-order valence-electron chi connectivity index (χ4n) is 0. The van der Waals surface area contributed by atoms with Crippen LogP contribution in [0.1, 0.15) is 0 Å². The van der Waals surface area contributed by atoms with E-state index in [1.54, 1.807) is 0 Å². The normalized spacial score (nSPS) is 3.00. The molecule has 0 heterocycles. The molecule has 28 valence electrons. The summed E-state index contributed by atoms with van der Waals surface area (Å²) >= 11 is 0.194. The first-order valence-electron chi connectivity index (χ1n) is 0.623. The van der Waals surface area contributed by atoms with E-state index in [0.29, 0.717) is 0 Å². The third-order valence-corrected chi connectivity index (χ3v) is 0. The van der Waals surface area contributed by atoms with Crippen molar-refractivity contribution in [2.24, 2.45) is 0 Å². The molecule has 0 N–H and O–H groups in total.